The Labute approximate surface area is 113 Å². The number of benzene rings is 1. The normalized spacial score (nSPS) is 19.1. The molecule has 2 rings (SSSR count). The molecule has 0 bridgehead atoms. The molecule has 98 valence electrons. The average Bonchev–Trinajstić information content (AvgIpc) is 2.76. The van der Waals surface area contributed by atoms with Crippen LogP contribution in [0.1, 0.15) is 18.1 Å². The first-order valence-electron chi connectivity index (χ1n) is 6.16. The Kier molecular flexibility index (Phi) is 4.17. The number of carbonyl (C=O) groups excluding carboxylic acids is 1. The summed E-state index contributed by atoms with van der Waals surface area (Å²) in [5.41, 5.74) is 2.13. The molecule has 0 aliphatic carbocycles. The summed E-state index contributed by atoms with van der Waals surface area (Å²) in [5.74, 6) is 2.14. The molecule has 1 unspecified atom stereocenters. The topological polar surface area (TPSA) is 29.5 Å². The van der Waals surface area contributed by atoms with Crippen molar-refractivity contribution in [2.24, 2.45) is 0 Å². The molecule has 4 heteroatoms. The first-order valence-corrected chi connectivity index (χ1v) is 7.21. The van der Waals surface area contributed by atoms with E-state index in [-0.39, 0.29) is 5.91 Å². The summed E-state index contributed by atoms with van der Waals surface area (Å²) in [6.45, 7) is 4.97. The third-order valence-electron chi connectivity index (χ3n) is 3.27. The van der Waals surface area contributed by atoms with Crippen molar-refractivity contribution in [3.63, 3.8) is 0 Å². The Balaban J connectivity index is 2.05. The fourth-order valence-corrected chi connectivity index (χ4v) is 3.29. The van der Waals surface area contributed by atoms with E-state index in [1.54, 1.807) is 7.11 Å². The third kappa shape index (κ3) is 2.80. The van der Waals surface area contributed by atoms with Crippen LogP contribution in [0.15, 0.2) is 18.2 Å². The Morgan fingerprint density at radius 1 is 1.56 bits per heavy atom. The molecule has 0 aromatic heterocycles. The van der Waals surface area contributed by atoms with Gasteiger partial charge in [-0.05, 0) is 31.0 Å². The van der Waals surface area contributed by atoms with E-state index in [1.807, 2.05) is 41.8 Å². The Morgan fingerprint density at radius 3 is 2.89 bits per heavy atom. The molecule has 3 nitrogen and oxygen atoms in total. The maximum absolute atomic E-state index is 12.2. The van der Waals surface area contributed by atoms with Crippen LogP contribution in [0.2, 0.25) is 0 Å². The van der Waals surface area contributed by atoms with Crippen molar-refractivity contribution >= 4 is 17.7 Å². The number of hydrogen-bond donors (Lipinski definition) is 0. The Hall–Kier alpha value is -1.16. The van der Waals surface area contributed by atoms with Crippen molar-refractivity contribution in [2.45, 2.75) is 25.6 Å². The fourth-order valence-electron chi connectivity index (χ4n) is 2.25. The minimum absolute atomic E-state index is 0.220. The molecule has 1 aromatic rings. The molecule has 18 heavy (non-hydrogen) atoms. The molecular formula is C14H19NO2S. The van der Waals surface area contributed by atoms with Gasteiger partial charge in [-0.1, -0.05) is 12.1 Å². The predicted octanol–water partition coefficient (Wildman–Crippen LogP) is 2.47. The van der Waals surface area contributed by atoms with Crippen LogP contribution in [0.25, 0.3) is 0 Å². The molecule has 0 saturated carbocycles. The lowest BCUT2D eigenvalue weighted by Crippen LogP contribution is -2.34. The SMILES string of the molecule is COc1ccc(CC(=O)N2CCSC2C)cc1C. The van der Waals surface area contributed by atoms with Gasteiger partial charge in [-0.15, -0.1) is 11.8 Å². The summed E-state index contributed by atoms with van der Waals surface area (Å²) >= 11 is 1.84. The van der Waals surface area contributed by atoms with E-state index >= 15 is 0 Å². The van der Waals surface area contributed by atoms with Crippen molar-refractivity contribution in [1.82, 2.24) is 4.90 Å². The molecule has 0 N–H and O–H groups in total. The minimum Gasteiger partial charge on any atom is -0.496 e. The molecule has 1 amide bonds. The van der Waals surface area contributed by atoms with Gasteiger partial charge in [0.2, 0.25) is 5.91 Å². The number of amides is 1. The summed E-state index contributed by atoms with van der Waals surface area (Å²) in [6.07, 6.45) is 0.482. The van der Waals surface area contributed by atoms with Gasteiger partial charge in [0.25, 0.3) is 0 Å². The third-order valence-corrected chi connectivity index (χ3v) is 4.42. The monoisotopic (exact) mass is 265 g/mol. The molecule has 0 spiro atoms. The van der Waals surface area contributed by atoms with Crippen LogP contribution >= 0.6 is 11.8 Å². The van der Waals surface area contributed by atoms with Crippen LogP contribution in [0.3, 0.4) is 0 Å². The summed E-state index contributed by atoms with van der Waals surface area (Å²) in [5, 5.41) is 0.317. The zero-order valence-electron chi connectivity index (χ0n) is 11.1. The van der Waals surface area contributed by atoms with E-state index < -0.39 is 0 Å². The average molecular weight is 265 g/mol. The highest BCUT2D eigenvalue weighted by molar-refractivity contribution is 8.00. The molecular weight excluding hydrogens is 246 g/mol. The second kappa shape index (κ2) is 5.65. The second-order valence-electron chi connectivity index (χ2n) is 4.54. The smallest absolute Gasteiger partial charge is 0.227 e. The Morgan fingerprint density at radius 2 is 2.33 bits per heavy atom. The van der Waals surface area contributed by atoms with Gasteiger partial charge < -0.3 is 9.64 Å². The van der Waals surface area contributed by atoms with Gasteiger partial charge in [-0.25, -0.2) is 0 Å². The zero-order valence-corrected chi connectivity index (χ0v) is 11.9. The molecule has 1 heterocycles. The highest BCUT2D eigenvalue weighted by Gasteiger charge is 2.25. The van der Waals surface area contributed by atoms with Crippen molar-refractivity contribution in [3.8, 4) is 5.75 Å². The largest absolute Gasteiger partial charge is 0.496 e. The maximum atomic E-state index is 12.2. The van der Waals surface area contributed by atoms with Gasteiger partial charge in [-0.3, -0.25) is 4.79 Å². The van der Waals surface area contributed by atoms with E-state index in [9.17, 15) is 4.79 Å². The van der Waals surface area contributed by atoms with Crippen molar-refractivity contribution in [2.75, 3.05) is 19.4 Å². The van der Waals surface area contributed by atoms with Gasteiger partial charge in [0, 0.05) is 12.3 Å². The van der Waals surface area contributed by atoms with Gasteiger partial charge in [0.1, 0.15) is 5.75 Å². The zero-order chi connectivity index (χ0) is 13.1. The van der Waals surface area contributed by atoms with Gasteiger partial charge in [-0.2, -0.15) is 0 Å². The minimum atomic E-state index is 0.220. The van der Waals surface area contributed by atoms with Crippen LogP contribution < -0.4 is 4.74 Å². The fraction of sp³-hybridized carbons (Fsp3) is 0.500. The molecule has 1 aliphatic heterocycles. The number of nitrogens with zero attached hydrogens (tertiary/aromatic N) is 1. The quantitative estimate of drug-likeness (QED) is 0.841. The second-order valence-corrected chi connectivity index (χ2v) is 5.96. The lowest BCUT2D eigenvalue weighted by Gasteiger charge is -2.20. The predicted molar refractivity (Wildman–Crippen MR) is 75.1 cm³/mol. The van der Waals surface area contributed by atoms with Crippen LogP contribution in [0, 0.1) is 6.92 Å². The van der Waals surface area contributed by atoms with Crippen LogP contribution in [0.4, 0.5) is 0 Å². The van der Waals surface area contributed by atoms with Crippen molar-refractivity contribution in [1.29, 1.82) is 0 Å². The number of aryl methyl sites for hydroxylation is 1. The lowest BCUT2D eigenvalue weighted by atomic mass is 10.1. The summed E-state index contributed by atoms with van der Waals surface area (Å²) in [6, 6.07) is 5.93. The van der Waals surface area contributed by atoms with Gasteiger partial charge >= 0.3 is 0 Å². The number of ether oxygens (including phenoxy) is 1. The molecule has 1 saturated heterocycles. The summed E-state index contributed by atoms with van der Waals surface area (Å²) in [7, 11) is 1.66. The van der Waals surface area contributed by atoms with Crippen LogP contribution in [-0.4, -0.2) is 35.6 Å². The van der Waals surface area contributed by atoms with Crippen molar-refractivity contribution < 1.29 is 9.53 Å². The van der Waals surface area contributed by atoms with Gasteiger partial charge in [0.05, 0.1) is 18.9 Å². The van der Waals surface area contributed by atoms with E-state index in [4.69, 9.17) is 4.74 Å². The number of methoxy groups -OCH3 is 1. The van der Waals surface area contributed by atoms with Crippen molar-refractivity contribution in [3.05, 3.63) is 29.3 Å². The van der Waals surface area contributed by atoms with E-state index in [2.05, 4.69) is 6.92 Å². The number of rotatable bonds is 3. The first-order chi connectivity index (χ1) is 8.61. The molecule has 1 fully saturated rings. The van der Waals surface area contributed by atoms with Gasteiger partial charge in [0.15, 0.2) is 0 Å². The number of carbonyl (C=O) groups is 1. The molecule has 1 atom stereocenters. The maximum Gasteiger partial charge on any atom is 0.227 e. The highest BCUT2D eigenvalue weighted by atomic mass is 32.2. The number of hydrogen-bond acceptors (Lipinski definition) is 3. The molecule has 1 aromatic carbocycles. The highest BCUT2D eigenvalue weighted by Crippen LogP contribution is 2.24. The first kappa shape index (κ1) is 13.3. The molecule has 1 aliphatic rings. The number of thioether (sulfide) groups is 1. The summed E-state index contributed by atoms with van der Waals surface area (Å²) in [4.78, 5) is 14.1. The Bertz CT molecular complexity index is 447. The lowest BCUT2D eigenvalue weighted by molar-refractivity contribution is -0.130. The van der Waals surface area contributed by atoms with E-state index in [1.165, 1.54) is 0 Å². The standard InChI is InChI=1S/C14H19NO2S/c1-10-8-12(4-5-13(10)17-3)9-14(16)15-6-7-18-11(15)2/h4-5,8,11H,6-7,9H2,1-3H3. The van der Waals surface area contributed by atoms with E-state index in [0.717, 1.165) is 29.2 Å². The van der Waals surface area contributed by atoms with Crippen LogP contribution in [-0.2, 0) is 11.2 Å². The van der Waals surface area contributed by atoms with E-state index in [0.29, 0.717) is 11.8 Å². The molecule has 0 radical (unpaired) electrons. The summed E-state index contributed by atoms with van der Waals surface area (Å²) < 4.78 is 5.22. The van der Waals surface area contributed by atoms with Crippen LogP contribution in [0.5, 0.6) is 5.75 Å².